The van der Waals surface area contributed by atoms with E-state index in [2.05, 4.69) is 20.6 Å². The maximum atomic E-state index is 15.1. The zero-order chi connectivity index (χ0) is 29.8. The van der Waals surface area contributed by atoms with Gasteiger partial charge < -0.3 is 21.4 Å². The molecular formula is C32H39ClFN7O. The average Bonchev–Trinajstić information content (AvgIpc) is 3.71. The lowest BCUT2D eigenvalue weighted by molar-refractivity contribution is 0.432. The smallest absolute Gasteiger partial charge is 0.354 e. The van der Waals surface area contributed by atoms with Crippen LogP contribution in [0.25, 0.3) is 28.0 Å². The zero-order valence-electron chi connectivity index (χ0n) is 24.1. The van der Waals surface area contributed by atoms with Crippen molar-refractivity contribution in [2.24, 2.45) is 11.7 Å². The molecule has 0 unspecified atom stereocenters. The van der Waals surface area contributed by atoms with E-state index >= 15 is 4.39 Å². The van der Waals surface area contributed by atoms with Crippen molar-refractivity contribution >= 4 is 28.5 Å². The van der Waals surface area contributed by atoms with Crippen LogP contribution in [-0.2, 0) is 13.0 Å². The normalized spacial score (nSPS) is 14.7. The number of fused-ring (bicyclic) bond motifs is 1. The van der Waals surface area contributed by atoms with Gasteiger partial charge in [-0.25, -0.2) is 9.18 Å². The Bertz CT molecular complexity index is 1610. The number of aryl methyl sites for hydroxylation is 1. The van der Waals surface area contributed by atoms with Gasteiger partial charge in [0, 0.05) is 42.3 Å². The molecule has 0 bridgehead atoms. The molecule has 8 nitrogen and oxygen atoms in total. The number of amidine groups is 1. The first-order valence-electron chi connectivity index (χ1n) is 14.7. The van der Waals surface area contributed by atoms with Gasteiger partial charge in [-0.3, -0.25) is 9.98 Å². The lowest BCUT2D eigenvalue weighted by atomic mass is 10.0. The van der Waals surface area contributed by atoms with Gasteiger partial charge in [-0.1, -0.05) is 23.7 Å². The second kappa shape index (κ2) is 13.2. The molecule has 2 aromatic carbocycles. The largest absolute Gasteiger partial charge is 0.374 e. The number of nitrogens with one attached hydrogen (secondary N) is 4. The summed E-state index contributed by atoms with van der Waals surface area (Å²) < 4.78 is 16.6. The fourth-order valence-electron chi connectivity index (χ4n) is 5.38. The lowest BCUT2D eigenvalue weighted by Gasteiger charge is -2.19. The molecule has 222 valence electrons. The Hall–Kier alpha value is -3.53. The summed E-state index contributed by atoms with van der Waals surface area (Å²) in [6.45, 7) is 5.25. The Morgan fingerprint density at radius 2 is 1.98 bits per heavy atom. The van der Waals surface area contributed by atoms with E-state index in [0.29, 0.717) is 45.8 Å². The molecule has 1 aliphatic rings. The summed E-state index contributed by atoms with van der Waals surface area (Å²) in [5, 5.41) is 15.1. The molecule has 0 aliphatic heterocycles. The van der Waals surface area contributed by atoms with Crippen LogP contribution in [0.5, 0.6) is 0 Å². The van der Waals surface area contributed by atoms with E-state index in [9.17, 15) is 4.79 Å². The first-order chi connectivity index (χ1) is 20.2. The molecule has 42 heavy (non-hydrogen) atoms. The van der Waals surface area contributed by atoms with Crippen molar-refractivity contribution in [3.8, 4) is 16.9 Å². The highest BCUT2D eigenvalue weighted by atomic mass is 35.5. The Morgan fingerprint density at radius 1 is 1.21 bits per heavy atom. The van der Waals surface area contributed by atoms with Crippen molar-refractivity contribution < 1.29 is 4.39 Å². The van der Waals surface area contributed by atoms with Gasteiger partial charge in [0.2, 0.25) is 0 Å². The standard InChI is InChI=1S/C32H39ClFN7O/c1-19(35)4-3-5-22-14-26(30(34)27(33)15-22)29-16-24-18-41(32(42)40-31(24)39-29)25-10-6-21(7-11-25)17-38-28(23-8-9-23)12-13-37-20(2)36/h6-7,10-11,14-16,18-19,23,28,38H,3-5,8-9,12-13,17,35H2,1-2H3,(H2,36,37)(H,39,40,42)/t19-,28+/m0/s1. The van der Waals surface area contributed by atoms with Crippen molar-refractivity contribution in [1.82, 2.24) is 25.2 Å². The summed E-state index contributed by atoms with van der Waals surface area (Å²) in [4.78, 5) is 20.3. The fraction of sp³-hybridized carbons (Fsp3) is 0.406. The lowest BCUT2D eigenvalue weighted by Crippen LogP contribution is -2.34. The molecule has 4 aromatic rings. The van der Waals surface area contributed by atoms with E-state index in [1.54, 1.807) is 31.3 Å². The van der Waals surface area contributed by atoms with Crippen LogP contribution >= 0.6 is 11.6 Å². The number of halogens is 2. The minimum Gasteiger partial charge on any atom is -0.374 e. The van der Waals surface area contributed by atoms with Crippen molar-refractivity contribution in [1.29, 1.82) is 5.41 Å². The molecule has 0 spiro atoms. The molecule has 2 aromatic heterocycles. The Labute approximate surface area is 250 Å². The number of hydrogen-bond donors (Lipinski definition) is 5. The molecule has 2 heterocycles. The van der Waals surface area contributed by atoms with Gasteiger partial charge in [-0.05, 0) is 99.7 Å². The van der Waals surface area contributed by atoms with Crippen LogP contribution in [0.3, 0.4) is 0 Å². The molecule has 0 saturated heterocycles. The van der Waals surface area contributed by atoms with Crippen molar-refractivity contribution in [3.05, 3.63) is 81.1 Å². The zero-order valence-corrected chi connectivity index (χ0v) is 24.9. The summed E-state index contributed by atoms with van der Waals surface area (Å²) in [5.41, 5.74) is 9.46. The van der Waals surface area contributed by atoms with E-state index in [4.69, 9.17) is 22.7 Å². The predicted molar refractivity (Wildman–Crippen MR) is 168 cm³/mol. The molecule has 1 fully saturated rings. The Balaban J connectivity index is 1.31. The quantitative estimate of drug-likeness (QED) is 0.101. The summed E-state index contributed by atoms with van der Waals surface area (Å²) in [6, 6.07) is 13.6. The summed E-state index contributed by atoms with van der Waals surface area (Å²) in [5.74, 6) is 0.684. The third-order valence-corrected chi connectivity index (χ3v) is 8.11. The number of nitrogens with zero attached hydrogens (tertiary/aromatic N) is 2. The van der Waals surface area contributed by atoms with E-state index in [0.717, 1.165) is 49.9 Å². The number of H-pyrrole nitrogens is 1. The molecular weight excluding hydrogens is 553 g/mol. The topological polar surface area (TPSA) is 125 Å². The average molecular weight is 592 g/mol. The molecule has 0 amide bonds. The summed E-state index contributed by atoms with van der Waals surface area (Å²) in [6.07, 6.45) is 7.70. The fourth-order valence-corrected chi connectivity index (χ4v) is 5.62. The van der Waals surface area contributed by atoms with E-state index in [-0.39, 0.29) is 11.1 Å². The Morgan fingerprint density at radius 3 is 2.67 bits per heavy atom. The van der Waals surface area contributed by atoms with Crippen molar-refractivity contribution in [2.45, 2.75) is 71.0 Å². The highest BCUT2D eigenvalue weighted by Gasteiger charge is 2.30. The van der Waals surface area contributed by atoms with Crippen LogP contribution in [0.2, 0.25) is 5.02 Å². The van der Waals surface area contributed by atoms with Crippen molar-refractivity contribution in [3.63, 3.8) is 0 Å². The number of aromatic amines is 1. The summed E-state index contributed by atoms with van der Waals surface area (Å²) in [7, 11) is 0. The maximum absolute atomic E-state index is 15.1. The minimum absolute atomic E-state index is 0.0608. The van der Waals surface area contributed by atoms with E-state index in [1.807, 2.05) is 31.2 Å². The van der Waals surface area contributed by atoms with Crippen LogP contribution in [0.15, 0.2) is 53.5 Å². The SMILES string of the molecule is CC(=N)NCC[C@@H](NCc1ccc(-n2cc3cc(-c4cc(CCC[C@H](C)N)cc(Cl)c4F)[nH]c3nc2=O)cc1)C1CC1. The second-order valence-corrected chi connectivity index (χ2v) is 11.9. The molecule has 10 heteroatoms. The second-order valence-electron chi connectivity index (χ2n) is 11.5. The monoisotopic (exact) mass is 591 g/mol. The maximum Gasteiger partial charge on any atom is 0.354 e. The highest BCUT2D eigenvalue weighted by molar-refractivity contribution is 6.31. The highest BCUT2D eigenvalue weighted by Crippen LogP contribution is 2.34. The number of nitrogens with two attached hydrogens (primary N) is 1. The molecule has 6 N–H and O–H groups in total. The van der Waals surface area contributed by atoms with Crippen molar-refractivity contribution in [2.75, 3.05) is 6.54 Å². The van der Waals surface area contributed by atoms with Gasteiger partial charge in [0.05, 0.1) is 22.2 Å². The van der Waals surface area contributed by atoms with Gasteiger partial charge in [-0.2, -0.15) is 4.98 Å². The van der Waals surface area contributed by atoms with Gasteiger partial charge >= 0.3 is 5.69 Å². The molecule has 1 saturated carbocycles. The third kappa shape index (κ3) is 7.45. The predicted octanol–water partition coefficient (Wildman–Crippen LogP) is 5.69. The van der Waals surface area contributed by atoms with Gasteiger partial charge in [0.15, 0.2) is 5.82 Å². The number of rotatable bonds is 13. The summed E-state index contributed by atoms with van der Waals surface area (Å²) >= 11 is 6.25. The van der Waals surface area contributed by atoms with Crippen LogP contribution in [0.4, 0.5) is 4.39 Å². The molecule has 2 atom stereocenters. The van der Waals surface area contributed by atoms with Crippen LogP contribution < -0.4 is 22.1 Å². The number of aromatic nitrogens is 3. The van der Waals surface area contributed by atoms with E-state index < -0.39 is 11.5 Å². The third-order valence-electron chi connectivity index (χ3n) is 7.83. The minimum atomic E-state index is -0.511. The first-order valence-corrected chi connectivity index (χ1v) is 15.0. The van der Waals surface area contributed by atoms with Gasteiger partial charge in [0.1, 0.15) is 5.65 Å². The van der Waals surface area contributed by atoms with Gasteiger partial charge in [-0.15, -0.1) is 0 Å². The molecule has 5 rings (SSSR count). The van der Waals surface area contributed by atoms with Crippen LogP contribution in [0, 0.1) is 17.1 Å². The molecule has 0 radical (unpaired) electrons. The number of benzene rings is 2. The van der Waals surface area contributed by atoms with Gasteiger partial charge in [0.25, 0.3) is 0 Å². The first kappa shape index (κ1) is 29.9. The van der Waals surface area contributed by atoms with Crippen LogP contribution in [-0.4, -0.2) is 39.0 Å². The van der Waals surface area contributed by atoms with Crippen LogP contribution in [0.1, 0.15) is 57.1 Å². The van der Waals surface area contributed by atoms with E-state index in [1.165, 1.54) is 17.4 Å². The number of hydrogen-bond acceptors (Lipinski definition) is 5. The Kier molecular flexibility index (Phi) is 9.40. The molecule has 1 aliphatic carbocycles.